The van der Waals surface area contributed by atoms with E-state index in [0.29, 0.717) is 0 Å². The molecule has 2 nitrogen and oxygen atoms in total. The topological polar surface area (TPSA) is 40.5 Å². The number of rotatable bonds is 0. The Morgan fingerprint density at radius 3 is 1.56 bits per heavy atom. The number of hydrogen-bond donors (Lipinski definition) is 2. The summed E-state index contributed by atoms with van der Waals surface area (Å²) in [6.07, 6.45) is 0. The Hall–Kier alpha value is -2.26. The lowest BCUT2D eigenvalue weighted by atomic mass is 10.0. The van der Waals surface area contributed by atoms with Gasteiger partial charge in [-0.05, 0) is 22.9 Å². The number of benzene rings is 2. The molecule has 2 aromatic carbocycles. The van der Waals surface area contributed by atoms with Gasteiger partial charge in [-0.2, -0.15) is 0 Å². The molecular formula is C16H12O2. The largest absolute Gasteiger partial charge is 0.384 e. The Kier molecular flexibility index (Phi) is 3.99. The van der Waals surface area contributed by atoms with Crippen LogP contribution in [-0.4, -0.2) is 23.4 Å². The first-order valence-corrected chi connectivity index (χ1v) is 5.58. The zero-order valence-electron chi connectivity index (χ0n) is 9.77. The molecule has 2 rings (SSSR count). The minimum atomic E-state index is -0.152. The standard InChI is InChI=1S/C16H12O2/c17-11-3-7-13-5-1-9-15-14(8-4-12-18)6-2-10-16(13)15/h1-2,5-6,9-10,17-18H,11-12H2. The van der Waals surface area contributed by atoms with Crippen molar-refractivity contribution in [3.63, 3.8) is 0 Å². The van der Waals surface area contributed by atoms with Gasteiger partial charge in [0.15, 0.2) is 0 Å². The Balaban J connectivity index is 2.65. The maximum absolute atomic E-state index is 8.75. The van der Waals surface area contributed by atoms with E-state index in [1.54, 1.807) is 0 Å². The van der Waals surface area contributed by atoms with Gasteiger partial charge in [0, 0.05) is 11.1 Å². The summed E-state index contributed by atoms with van der Waals surface area (Å²) in [5.74, 6) is 11.1. The summed E-state index contributed by atoms with van der Waals surface area (Å²) < 4.78 is 0. The maximum atomic E-state index is 8.75. The molecule has 0 heterocycles. The molecular weight excluding hydrogens is 224 g/mol. The van der Waals surface area contributed by atoms with Crippen molar-refractivity contribution in [3.05, 3.63) is 47.5 Å². The molecule has 0 aliphatic rings. The van der Waals surface area contributed by atoms with Crippen molar-refractivity contribution in [2.24, 2.45) is 0 Å². The highest BCUT2D eigenvalue weighted by molar-refractivity contribution is 5.92. The molecule has 0 fully saturated rings. The zero-order valence-corrected chi connectivity index (χ0v) is 9.77. The average Bonchev–Trinajstić information content (AvgIpc) is 2.42. The molecule has 2 aromatic rings. The highest BCUT2D eigenvalue weighted by atomic mass is 16.3. The summed E-state index contributed by atoms with van der Waals surface area (Å²) in [6, 6.07) is 11.6. The van der Waals surface area contributed by atoms with E-state index in [9.17, 15) is 0 Å². The summed E-state index contributed by atoms with van der Waals surface area (Å²) in [6.45, 7) is -0.305. The molecule has 0 spiro atoms. The molecule has 0 aliphatic carbocycles. The zero-order chi connectivity index (χ0) is 12.8. The van der Waals surface area contributed by atoms with Gasteiger partial charge in [0.1, 0.15) is 13.2 Å². The minimum Gasteiger partial charge on any atom is -0.384 e. The van der Waals surface area contributed by atoms with Crippen LogP contribution in [0.5, 0.6) is 0 Å². The van der Waals surface area contributed by atoms with Crippen LogP contribution in [0.4, 0.5) is 0 Å². The van der Waals surface area contributed by atoms with Crippen molar-refractivity contribution in [1.82, 2.24) is 0 Å². The Morgan fingerprint density at radius 1 is 0.722 bits per heavy atom. The van der Waals surface area contributed by atoms with Crippen LogP contribution in [0, 0.1) is 23.7 Å². The molecule has 0 saturated heterocycles. The maximum Gasteiger partial charge on any atom is 0.104 e. The van der Waals surface area contributed by atoms with Crippen molar-refractivity contribution < 1.29 is 10.2 Å². The molecule has 0 aliphatic heterocycles. The fourth-order valence-corrected chi connectivity index (χ4v) is 1.80. The normalized spacial score (nSPS) is 9.22. The lowest BCUT2D eigenvalue weighted by Crippen LogP contribution is -1.85. The van der Waals surface area contributed by atoms with E-state index >= 15 is 0 Å². The van der Waals surface area contributed by atoms with Crippen LogP contribution in [-0.2, 0) is 0 Å². The summed E-state index contributed by atoms with van der Waals surface area (Å²) in [4.78, 5) is 0. The fraction of sp³-hybridized carbons (Fsp3) is 0.125. The third kappa shape index (κ3) is 2.52. The molecule has 88 valence electrons. The van der Waals surface area contributed by atoms with E-state index in [-0.39, 0.29) is 13.2 Å². The van der Waals surface area contributed by atoms with Crippen molar-refractivity contribution >= 4 is 10.8 Å². The lowest BCUT2D eigenvalue weighted by Gasteiger charge is -2.02. The van der Waals surface area contributed by atoms with Crippen molar-refractivity contribution in [3.8, 4) is 23.7 Å². The highest BCUT2D eigenvalue weighted by Crippen LogP contribution is 2.21. The van der Waals surface area contributed by atoms with Crippen molar-refractivity contribution in [2.45, 2.75) is 0 Å². The average molecular weight is 236 g/mol. The summed E-state index contributed by atoms with van der Waals surface area (Å²) in [5.41, 5.74) is 1.74. The molecule has 2 N–H and O–H groups in total. The van der Waals surface area contributed by atoms with Crippen molar-refractivity contribution in [2.75, 3.05) is 13.2 Å². The Morgan fingerprint density at radius 2 is 1.17 bits per heavy atom. The van der Waals surface area contributed by atoms with Gasteiger partial charge in [0.25, 0.3) is 0 Å². The van der Waals surface area contributed by atoms with E-state index in [4.69, 9.17) is 10.2 Å². The summed E-state index contributed by atoms with van der Waals surface area (Å²) in [7, 11) is 0. The van der Waals surface area contributed by atoms with Crippen LogP contribution >= 0.6 is 0 Å². The van der Waals surface area contributed by atoms with E-state index < -0.39 is 0 Å². The van der Waals surface area contributed by atoms with Crippen LogP contribution in [0.1, 0.15) is 11.1 Å². The SMILES string of the molecule is OCC#Cc1cccc2c(C#CCO)cccc12. The second-order valence-electron chi connectivity index (χ2n) is 3.63. The van der Waals surface area contributed by atoms with Crippen LogP contribution in [0.3, 0.4) is 0 Å². The van der Waals surface area contributed by atoms with Crippen LogP contribution < -0.4 is 0 Å². The Labute approximate surface area is 106 Å². The molecule has 0 aromatic heterocycles. The predicted molar refractivity (Wildman–Crippen MR) is 71.9 cm³/mol. The molecule has 0 saturated carbocycles. The number of aliphatic hydroxyl groups is 2. The number of fused-ring (bicyclic) bond motifs is 1. The van der Waals surface area contributed by atoms with E-state index in [2.05, 4.69) is 23.7 Å². The van der Waals surface area contributed by atoms with Crippen LogP contribution in [0.2, 0.25) is 0 Å². The van der Waals surface area contributed by atoms with Gasteiger partial charge in [-0.1, -0.05) is 47.9 Å². The third-order valence-electron chi connectivity index (χ3n) is 2.53. The molecule has 18 heavy (non-hydrogen) atoms. The van der Waals surface area contributed by atoms with Gasteiger partial charge in [0.2, 0.25) is 0 Å². The molecule has 0 unspecified atom stereocenters. The first-order chi connectivity index (χ1) is 8.86. The molecule has 0 bridgehead atoms. The van der Waals surface area contributed by atoms with Gasteiger partial charge >= 0.3 is 0 Å². The van der Waals surface area contributed by atoms with Crippen LogP contribution in [0.25, 0.3) is 10.8 Å². The molecule has 0 radical (unpaired) electrons. The number of hydrogen-bond acceptors (Lipinski definition) is 2. The van der Waals surface area contributed by atoms with Gasteiger partial charge in [-0.25, -0.2) is 0 Å². The first kappa shape index (κ1) is 12.2. The third-order valence-corrected chi connectivity index (χ3v) is 2.53. The molecule has 2 heteroatoms. The van der Waals surface area contributed by atoms with Crippen molar-refractivity contribution in [1.29, 1.82) is 0 Å². The lowest BCUT2D eigenvalue weighted by molar-refractivity contribution is 0.350. The fourth-order valence-electron chi connectivity index (χ4n) is 1.80. The predicted octanol–water partition coefficient (Wildman–Crippen LogP) is 1.53. The summed E-state index contributed by atoms with van der Waals surface area (Å²) >= 11 is 0. The first-order valence-electron chi connectivity index (χ1n) is 5.58. The highest BCUT2D eigenvalue weighted by Gasteiger charge is 2.01. The second kappa shape index (κ2) is 5.89. The van der Waals surface area contributed by atoms with E-state index in [1.807, 2.05) is 36.4 Å². The summed E-state index contributed by atoms with van der Waals surface area (Å²) in [5, 5.41) is 19.5. The van der Waals surface area contributed by atoms with Crippen LogP contribution in [0.15, 0.2) is 36.4 Å². The van der Waals surface area contributed by atoms with E-state index in [1.165, 1.54) is 0 Å². The molecule has 0 atom stereocenters. The van der Waals surface area contributed by atoms with Gasteiger partial charge < -0.3 is 10.2 Å². The van der Waals surface area contributed by atoms with Gasteiger partial charge in [-0.3, -0.25) is 0 Å². The Bertz CT molecular complexity index is 618. The van der Waals surface area contributed by atoms with Gasteiger partial charge in [-0.15, -0.1) is 0 Å². The molecule has 0 amide bonds. The number of aliphatic hydroxyl groups excluding tert-OH is 2. The van der Waals surface area contributed by atoms with E-state index in [0.717, 1.165) is 21.9 Å². The van der Waals surface area contributed by atoms with Gasteiger partial charge in [0.05, 0.1) is 0 Å². The smallest absolute Gasteiger partial charge is 0.104 e. The minimum absolute atomic E-state index is 0.152. The quantitative estimate of drug-likeness (QED) is 0.681. The second-order valence-corrected chi connectivity index (χ2v) is 3.63. The monoisotopic (exact) mass is 236 g/mol.